The first-order valence-corrected chi connectivity index (χ1v) is 3.73. The van der Waals surface area contributed by atoms with Crippen LogP contribution in [0.25, 0.3) is 11.0 Å². The number of anilines is 1. The lowest BCUT2D eigenvalue weighted by atomic mass is 10.4. The van der Waals surface area contributed by atoms with Crippen LogP contribution in [-0.4, -0.2) is 22.1 Å². The van der Waals surface area contributed by atoms with Crippen LogP contribution in [0, 0.1) is 0 Å². The molecule has 0 saturated carbocycles. The number of methoxy groups -OCH3 is 1. The third kappa shape index (κ3) is 1.35. The second-order valence-corrected chi connectivity index (χ2v) is 2.49. The van der Waals surface area contributed by atoms with Gasteiger partial charge in [-0.3, -0.25) is 0 Å². The van der Waals surface area contributed by atoms with E-state index in [-0.39, 0.29) is 5.95 Å². The Bertz CT molecular complexity index is 443. The van der Waals surface area contributed by atoms with Gasteiger partial charge in [-0.15, -0.1) is 0 Å². The number of nitrogens with zero attached hydrogens (tertiary/aromatic N) is 3. The zero-order valence-electron chi connectivity index (χ0n) is 7.06. The van der Waals surface area contributed by atoms with Crippen LogP contribution in [0.2, 0.25) is 0 Å². The lowest BCUT2D eigenvalue weighted by Gasteiger charge is -2.00. The van der Waals surface area contributed by atoms with E-state index in [0.717, 1.165) is 0 Å². The Morgan fingerprint density at radius 3 is 2.85 bits per heavy atom. The van der Waals surface area contributed by atoms with Crippen molar-refractivity contribution in [3.05, 3.63) is 18.3 Å². The van der Waals surface area contributed by atoms with Gasteiger partial charge in [0, 0.05) is 6.07 Å². The fourth-order valence-electron chi connectivity index (χ4n) is 1.03. The van der Waals surface area contributed by atoms with Crippen molar-refractivity contribution in [1.29, 1.82) is 0 Å². The van der Waals surface area contributed by atoms with Crippen LogP contribution < -0.4 is 10.5 Å². The van der Waals surface area contributed by atoms with Crippen LogP contribution in [0.4, 0.5) is 5.95 Å². The summed E-state index contributed by atoms with van der Waals surface area (Å²) in [7, 11) is 1.56. The predicted molar refractivity (Wildman–Crippen MR) is 48.3 cm³/mol. The maximum atomic E-state index is 5.41. The van der Waals surface area contributed by atoms with Gasteiger partial charge in [0.05, 0.1) is 18.8 Å². The smallest absolute Gasteiger partial charge is 0.220 e. The fourth-order valence-corrected chi connectivity index (χ4v) is 1.03. The van der Waals surface area contributed by atoms with Crippen molar-refractivity contribution < 1.29 is 4.74 Å². The predicted octanol–water partition coefficient (Wildman–Crippen LogP) is 0.616. The highest BCUT2D eigenvalue weighted by Gasteiger charge is 1.99. The number of nitrogen functional groups attached to an aromatic ring is 1. The highest BCUT2D eigenvalue weighted by atomic mass is 16.5. The molecule has 0 aliphatic carbocycles. The molecule has 0 atom stereocenters. The standard InChI is InChI=1S/C8H8N4O/c1-13-7-3-2-5-6(11-7)4-10-8(9)12-5/h2-4H,1H3,(H2,9,10,12). The van der Waals surface area contributed by atoms with E-state index < -0.39 is 0 Å². The molecule has 0 aliphatic heterocycles. The van der Waals surface area contributed by atoms with E-state index >= 15 is 0 Å². The first kappa shape index (κ1) is 7.72. The van der Waals surface area contributed by atoms with Crippen LogP contribution in [0.1, 0.15) is 0 Å². The van der Waals surface area contributed by atoms with Crippen molar-refractivity contribution >= 4 is 17.0 Å². The summed E-state index contributed by atoms with van der Waals surface area (Å²) in [4.78, 5) is 12.0. The van der Waals surface area contributed by atoms with Crippen molar-refractivity contribution in [3.8, 4) is 5.88 Å². The minimum atomic E-state index is 0.250. The number of aromatic nitrogens is 3. The summed E-state index contributed by atoms with van der Waals surface area (Å²) in [6, 6.07) is 3.52. The largest absolute Gasteiger partial charge is 0.481 e. The first-order chi connectivity index (χ1) is 6.29. The fraction of sp³-hybridized carbons (Fsp3) is 0.125. The molecule has 2 rings (SSSR count). The third-order valence-corrected chi connectivity index (χ3v) is 1.64. The summed E-state index contributed by atoms with van der Waals surface area (Å²) in [6.07, 6.45) is 1.57. The highest BCUT2D eigenvalue weighted by molar-refractivity contribution is 5.74. The Hall–Kier alpha value is -1.91. The van der Waals surface area contributed by atoms with E-state index in [1.165, 1.54) is 0 Å². The van der Waals surface area contributed by atoms with Gasteiger partial charge in [0.25, 0.3) is 0 Å². The van der Waals surface area contributed by atoms with E-state index in [1.54, 1.807) is 25.4 Å². The molecule has 5 nitrogen and oxygen atoms in total. The summed E-state index contributed by atoms with van der Waals surface area (Å²) in [6.45, 7) is 0. The van der Waals surface area contributed by atoms with Crippen molar-refractivity contribution in [2.75, 3.05) is 12.8 Å². The minimum absolute atomic E-state index is 0.250. The number of ether oxygens (including phenoxy) is 1. The number of pyridine rings is 1. The Kier molecular flexibility index (Phi) is 1.70. The van der Waals surface area contributed by atoms with Crippen molar-refractivity contribution in [1.82, 2.24) is 15.0 Å². The molecule has 0 fully saturated rings. The summed E-state index contributed by atoms with van der Waals surface area (Å²) in [5.74, 6) is 0.792. The third-order valence-electron chi connectivity index (χ3n) is 1.64. The molecule has 66 valence electrons. The van der Waals surface area contributed by atoms with Crippen molar-refractivity contribution in [2.45, 2.75) is 0 Å². The Morgan fingerprint density at radius 2 is 2.08 bits per heavy atom. The van der Waals surface area contributed by atoms with E-state index in [2.05, 4.69) is 15.0 Å². The van der Waals surface area contributed by atoms with E-state index in [0.29, 0.717) is 16.9 Å². The minimum Gasteiger partial charge on any atom is -0.481 e. The molecule has 5 heteroatoms. The molecular formula is C8H8N4O. The number of rotatable bonds is 1. The number of nitrogens with two attached hydrogens (primary N) is 1. The molecule has 0 radical (unpaired) electrons. The average molecular weight is 176 g/mol. The van der Waals surface area contributed by atoms with Gasteiger partial charge in [-0.2, -0.15) is 0 Å². The van der Waals surface area contributed by atoms with Gasteiger partial charge in [0.15, 0.2) is 0 Å². The van der Waals surface area contributed by atoms with Crippen molar-refractivity contribution in [3.63, 3.8) is 0 Å². The SMILES string of the molecule is COc1ccc2nc(N)ncc2n1. The van der Waals surface area contributed by atoms with Gasteiger partial charge in [-0.25, -0.2) is 15.0 Å². The second kappa shape index (κ2) is 2.85. The second-order valence-electron chi connectivity index (χ2n) is 2.49. The highest BCUT2D eigenvalue weighted by Crippen LogP contribution is 2.13. The van der Waals surface area contributed by atoms with Gasteiger partial charge in [0.1, 0.15) is 5.52 Å². The molecule has 0 unspecified atom stereocenters. The first-order valence-electron chi connectivity index (χ1n) is 3.73. The van der Waals surface area contributed by atoms with Gasteiger partial charge in [-0.05, 0) is 6.07 Å². The zero-order chi connectivity index (χ0) is 9.26. The molecule has 2 aromatic rings. The molecular weight excluding hydrogens is 168 g/mol. The molecule has 2 heterocycles. The maximum absolute atomic E-state index is 5.41. The summed E-state index contributed by atoms with van der Waals surface area (Å²) < 4.78 is 4.95. The molecule has 0 spiro atoms. The summed E-state index contributed by atoms with van der Waals surface area (Å²) in [5, 5.41) is 0. The maximum Gasteiger partial charge on any atom is 0.220 e. The normalized spacial score (nSPS) is 10.2. The molecule has 13 heavy (non-hydrogen) atoms. The lowest BCUT2D eigenvalue weighted by Crippen LogP contribution is -1.96. The Morgan fingerprint density at radius 1 is 1.23 bits per heavy atom. The van der Waals surface area contributed by atoms with Crippen LogP contribution in [0.15, 0.2) is 18.3 Å². The van der Waals surface area contributed by atoms with Crippen molar-refractivity contribution in [2.24, 2.45) is 0 Å². The van der Waals surface area contributed by atoms with Gasteiger partial charge in [0.2, 0.25) is 11.8 Å². The summed E-state index contributed by atoms with van der Waals surface area (Å²) in [5.41, 5.74) is 6.80. The quantitative estimate of drug-likeness (QED) is 0.689. The van der Waals surface area contributed by atoms with Crippen LogP contribution in [-0.2, 0) is 0 Å². The van der Waals surface area contributed by atoms with Gasteiger partial charge in [-0.1, -0.05) is 0 Å². The zero-order valence-corrected chi connectivity index (χ0v) is 7.06. The topological polar surface area (TPSA) is 73.9 Å². The van der Waals surface area contributed by atoms with E-state index in [1.807, 2.05) is 0 Å². The lowest BCUT2D eigenvalue weighted by molar-refractivity contribution is 0.399. The molecule has 2 aromatic heterocycles. The molecule has 0 amide bonds. The van der Waals surface area contributed by atoms with E-state index in [4.69, 9.17) is 10.5 Å². The summed E-state index contributed by atoms with van der Waals surface area (Å²) >= 11 is 0. The van der Waals surface area contributed by atoms with Crippen LogP contribution in [0.5, 0.6) is 5.88 Å². The number of hydrogen-bond donors (Lipinski definition) is 1. The van der Waals surface area contributed by atoms with E-state index in [9.17, 15) is 0 Å². The average Bonchev–Trinajstić information content (AvgIpc) is 2.17. The van der Waals surface area contributed by atoms with Crippen LogP contribution >= 0.6 is 0 Å². The Labute approximate surface area is 74.6 Å². The number of hydrogen-bond acceptors (Lipinski definition) is 5. The van der Waals surface area contributed by atoms with Crippen LogP contribution in [0.3, 0.4) is 0 Å². The van der Waals surface area contributed by atoms with Gasteiger partial charge >= 0.3 is 0 Å². The molecule has 2 N–H and O–H groups in total. The van der Waals surface area contributed by atoms with Gasteiger partial charge < -0.3 is 10.5 Å². The monoisotopic (exact) mass is 176 g/mol. The molecule has 0 saturated heterocycles. The molecule has 0 aromatic carbocycles. The Balaban J connectivity index is 2.66. The molecule has 0 aliphatic rings. The molecule has 0 bridgehead atoms. The number of fused-ring (bicyclic) bond motifs is 1.